The molecule has 0 amide bonds. The van der Waals surface area contributed by atoms with Crippen LogP contribution in [-0.2, 0) is 0 Å². The van der Waals surface area contributed by atoms with Crippen molar-refractivity contribution in [3.05, 3.63) is 53.3 Å². The lowest BCUT2D eigenvalue weighted by Gasteiger charge is -1.93. The Balaban J connectivity index is 1.78. The number of aromatic amines is 1. The fourth-order valence-corrected chi connectivity index (χ4v) is 2.04. The van der Waals surface area contributed by atoms with E-state index < -0.39 is 5.76 Å². The van der Waals surface area contributed by atoms with Crippen molar-refractivity contribution in [1.29, 1.82) is 0 Å². The molecule has 0 bridgehead atoms. The van der Waals surface area contributed by atoms with Gasteiger partial charge in [-0.1, -0.05) is 5.16 Å². The van der Waals surface area contributed by atoms with Gasteiger partial charge in [-0.25, -0.2) is 4.79 Å². The van der Waals surface area contributed by atoms with E-state index in [1.165, 1.54) is 0 Å². The van der Waals surface area contributed by atoms with Crippen LogP contribution in [0.2, 0.25) is 0 Å². The lowest BCUT2D eigenvalue weighted by Crippen LogP contribution is -1.92. The molecule has 7 nitrogen and oxygen atoms in total. The van der Waals surface area contributed by atoms with Crippen LogP contribution in [0.25, 0.3) is 33.9 Å². The zero-order valence-electron chi connectivity index (χ0n) is 10.6. The van der Waals surface area contributed by atoms with Crippen LogP contribution in [-0.4, -0.2) is 20.1 Å². The third kappa shape index (κ3) is 2.00. The Morgan fingerprint density at radius 3 is 2.95 bits per heavy atom. The van der Waals surface area contributed by atoms with Crippen LogP contribution in [0.3, 0.4) is 0 Å². The molecule has 3 heterocycles. The number of aromatic nitrogens is 4. The van der Waals surface area contributed by atoms with Gasteiger partial charge in [0.2, 0.25) is 5.82 Å². The Bertz CT molecular complexity index is 968. The van der Waals surface area contributed by atoms with Crippen molar-refractivity contribution in [1.82, 2.24) is 20.1 Å². The van der Waals surface area contributed by atoms with Gasteiger partial charge in [0.15, 0.2) is 5.58 Å². The van der Waals surface area contributed by atoms with Crippen LogP contribution >= 0.6 is 0 Å². The molecule has 3 aromatic heterocycles. The van der Waals surface area contributed by atoms with Crippen molar-refractivity contribution in [3.8, 4) is 22.8 Å². The summed E-state index contributed by atoms with van der Waals surface area (Å²) in [5.74, 6) is 0.322. The molecule has 0 fully saturated rings. The topological polar surface area (TPSA) is 97.8 Å². The van der Waals surface area contributed by atoms with Crippen molar-refractivity contribution in [2.45, 2.75) is 0 Å². The van der Waals surface area contributed by atoms with Crippen LogP contribution in [0.1, 0.15) is 0 Å². The second kappa shape index (κ2) is 4.41. The van der Waals surface area contributed by atoms with Gasteiger partial charge in [0, 0.05) is 18.0 Å². The first-order valence-electron chi connectivity index (χ1n) is 6.17. The van der Waals surface area contributed by atoms with Crippen molar-refractivity contribution < 1.29 is 8.94 Å². The number of H-pyrrole nitrogens is 1. The first kappa shape index (κ1) is 11.6. The molecular formula is C14H8N4O3. The number of fused-ring (bicyclic) bond motifs is 1. The van der Waals surface area contributed by atoms with Gasteiger partial charge < -0.3 is 8.94 Å². The molecule has 4 aromatic rings. The summed E-state index contributed by atoms with van der Waals surface area (Å²) in [6.45, 7) is 0. The summed E-state index contributed by atoms with van der Waals surface area (Å²) in [6, 6.07) is 8.81. The van der Waals surface area contributed by atoms with Gasteiger partial charge in [-0.15, -0.1) is 0 Å². The van der Waals surface area contributed by atoms with E-state index in [1.807, 2.05) is 6.07 Å². The Morgan fingerprint density at radius 2 is 2.10 bits per heavy atom. The minimum Gasteiger partial charge on any atom is -0.408 e. The van der Waals surface area contributed by atoms with E-state index in [4.69, 9.17) is 8.94 Å². The summed E-state index contributed by atoms with van der Waals surface area (Å²) >= 11 is 0. The normalized spacial score (nSPS) is 11.0. The lowest BCUT2D eigenvalue weighted by atomic mass is 10.2. The minimum absolute atomic E-state index is 0.388. The third-order valence-corrected chi connectivity index (χ3v) is 3.01. The van der Waals surface area contributed by atoms with Crippen molar-refractivity contribution in [3.63, 3.8) is 0 Å². The molecule has 0 atom stereocenters. The highest BCUT2D eigenvalue weighted by Gasteiger charge is 2.12. The van der Waals surface area contributed by atoms with Gasteiger partial charge in [0.05, 0.1) is 11.1 Å². The van der Waals surface area contributed by atoms with Crippen LogP contribution in [0.5, 0.6) is 0 Å². The smallest absolute Gasteiger partial charge is 0.408 e. The van der Waals surface area contributed by atoms with E-state index in [0.717, 1.165) is 11.1 Å². The van der Waals surface area contributed by atoms with Gasteiger partial charge in [0.25, 0.3) is 5.89 Å². The standard InChI is InChI=1S/C14H8N4O3/c19-14-16-10-6-8(3-4-11(10)20-14)12-17-13(21-18-12)9-2-1-5-15-7-9/h1-7H,(H,16,19). The molecule has 0 unspecified atom stereocenters. The number of nitrogens with one attached hydrogen (secondary N) is 1. The van der Waals surface area contributed by atoms with Crippen LogP contribution in [0.4, 0.5) is 0 Å². The maximum atomic E-state index is 11.1. The van der Waals surface area contributed by atoms with E-state index in [1.54, 1.807) is 36.7 Å². The molecule has 0 aliphatic rings. The van der Waals surface area contributed by atoms with E-state index in [0.29, 0.717) is 22.8 Å². The van der Waals surface area contributed by atoms with E-state index >= 15 is 0 Å². The van der Waals surface area contributed by atoms with E-state index in [-0.39, 0.29) is 0 Å². The lowest BCUT2D eigenvalue weighted by molar-refractivity contribution is 0.432. The molecule has 0 aliphatic carbocycles. The van der Waals surface area contributed by atoms with Crippen LogP contribution in [0.15, 0.2) is 56.5 Å². The molecule has 0 aliphatic heterocycles. The Hall–Kier alpha value is -3.22. The average Bonchev–Trinajstić information content (AvgIpc) is 3.12. The highest BCUT2D eigenvalue weighted by Crippen LogP contribution is 2.23. The number of hydrogen-bond acceptors (Lipinski definition) is 6. The predicted octanol–water partition coefficient (Wildman–Crippen LogP) is 2.23. The summed E-state index contributed by atoms with van der Waals surface area (Å²) in [5, 5.41) is 3.94. The number of hydrogen-bond donors (Lipinski definition) is 1. The van der Waals surface area contributed by atoms with Crippen molar-refractivity contribution in [2.24, 2.45) is 0 Å². The zero-order chi connectivity index (χ0) is 14.2. The third-order valence-electron chi connectivity index (χ3n) is 3.01. The van der Waals surface area contributed by atoms with Gasteiger partial charge in [-0.3, -0.25) is 9.97 Å². The first-order chi connectivity index (χ1) is 10.3. The Labute approximate surface area is 117 Å². The van der Waals surface area contributed by atoms with Crippen LogP contribution < -0.4 is 5.76 Å². The Morgan fingerprint density at radius 1 is 1.14 bits per heavy atom. The average molecular weight is 280 g/mol. The molecular weight excluding hydrogens is 272 g/mol. The molecule has 0 saturated heterocycles. The predicted molar refractivity (Wildman–Crippen MR) is 73.4 cm³/mol. The highest BCUT2D eigenvalue weighted by molar-refractivity contribution is 5.78. The molecule has 102 valence electrons. The quantitative estimate of drug-likeness (QED) is 0.604. The molecule has 0 saturated carbocycles. The number of oxazole rings is 1. The fraction of sp³-hybridized carbons (Fsp3) is 0. The highest BCUT2D eigenvalue weighted by atomic mass is 16.5. The van der Waals surface area contributed by atoms with Crippen molar-refractivity contribution in [2.75, 3.05) is 0 Å². The zero-order valence-corrected chi connectivity index (χ0v) is 10.6. The molecule has 1 N–H and O–H groups in total. The molecule has 0 radical (unpaired) electrons. The molecule has 1 aromatic carbocycles. The first-order valence-corrected chi connectivity index (χ1v) is 6.17. The SMILES string of the molecule is O=c1[nH]c2cc(-c3noc(-c4cccnc4)n3)ccc2o1. The van der Waals surface area contributed by atoms with Gasteiger partial charge in [-0.05, 0) is 30.3 Å². The number of benzene rings is 1. The summed E-state index contributed by atoms with van der Waals surface area (Å²) < 4.78 is 10.2. The summed E-state index contributed by atoms with van der Waals surface area (Å²) in [7, 11) is 0. The van der Waals surface area contributed by atoms with E-state index in [9.17, 15) is 4.79 Å². The second-order valence-corrected chi connectivity index (χ2v) is 4.39. The summed E-state index contributed by atoms with van der Waals surface area (Å²) in [6.07, 6.45) is 3.32. The second-order valence-electron chi connectivity index (χ2n) is 4.39. The monoisotopic (exact) mass is 280 g/mol. The maximum Gasteiger partial charge on any atom is 0.417 e. The van der Waals surface area contributed by atoms with E-state index in [2.05, 4.69) is 20.1 Å². The largest absolute Gasteiger partial charge is 0.417 e. The Kier molecular flexibility index (Phi) is 2.43. The molecule has 7 heteroatoms. The summed E-state index contributed by atoms with van der Waals surface area (Å²) in [5.41, 5.74) is 2.54. The maximum absolute atomic E-state index is 11.1. The number of rotatable bonds is 2. The van der Waals surface area contributed by atoms with Gasteiger partial charge in [0.1, 0.15) is 0 Å². The van der Waals surface area contributed by atoms with Crippen molar-refractivity contribution >= 4 is 11.1 Å². The van der Waals surface area contributed by atoms with Gasteiger partial charge >= 0.3 is 5.76 Å². The molecule has 0 spiro atoms. The minimum atomic E-state index is -0.494. The van der Waals surface area contributed by atoms with Gasteiger partial charge in [-0.2, -0.15) is 4.98 Å². The molecule has 4 rings (SSSR count). The van der Waals surface area contributed by atoms with Crippen LogP contribution in [0, 0.1) is 0 Å². The fourth-order valence-electron chi connectivity index (χ4n) is 2.04. The number of pyridine rings is 1. The number of nitrogens with zero attached hydrogens (tertiary/aromatic N) is 3. The molecule has 21 heavy (non-hydrogen) atoms. The summed E-state index contributed by atoms with van der Waals surface area (Å²) in [4.78, 5) is 22.1.